The van der Waals surface area contributed by atoms with E-state index in [1.807, 2.05) is 30.3 Å². The Labute approximate surface area is 126 Å². The second-order valence-electron chi connectivity index (χ2n) is 5.43. The Morgan fingerprint density at radius 2 is 2.05 bits per heavy atom. The average Bonchev–Trinajstić information content (AvgIpc) is 2.55. The molecule has 0 unspecified atom stereocenters. The van der Waals surface area contributed by atoms with Crippen LogP contribution in [0.1, 0.15) is 18.4 Å². The van der Waals surface area contributed by atoms with Gasteiger partial charge in [-0.15, -0.1) is 6.58 Å². The van der Waals surface area contributed by atoms with Crippen LogP contribution in [0.3, 0.4) is 0 Å². The van der Waals surface area contributed by atoms with Gasteiger partial charge in [-0.25, -0.2) is 0 Å². The molecule has 1 heterocycles. The normalized spacial score (nSPS) is 17.7. The molecule has 4 nitrogen and oxygen atoms in total. The number of benzene rings is 1. The van der Waals surface area contributed by atoms with Crippen LogP contribution in [0.5, 0.6) is 0 Å². The maximum Gasteiger partial charge on any atom is 0.234 e. The fourth-order valence-corrected chi connectivity index (χ4v) is 2.76. The molecule has 1 fully saturated rings. The summed E-state index contributed by atoms with van der Waals surface area (Å²) in [5.74, 6) is 0.0130. The number of nitriles is 1. The summed E-state index contributed by atoms with van der Waals surface area (Å²) < 4.78 is 0. The van der Waals surface area contributed by atoms with Crippen LogP contribution in [0.2, 0.25) is 0 Å². The molecule has 1 aliphatic rings. The highest BCUT2D eigenvalue weighted by Crippen LogP contribution is 2.34. The van der Waals surface area contributed by atoms with E-state index < -0.39 is 5.41 Å². The standard InChI is InChI=1S/C17H21N3O/c1-2-10-19-16(21)13-20-11-8-17(14-18,9-12-20)15-6-4-3-5-7-15/h2-7H,1,8-13H2,(H,19,21). The summed E-state index contributed by atoms with van der Waals surface area (Å²) in [6, 6.07) is 12.5. The lowest BCUT2D eigenvalue weighted by Gasteiger charge is -2.37. The number of nitrogens with one attached hydrogen (secondary N) is 1. The Bertz CT molecular complexity index is 525. The van der Waals surface area contributed by atoms with Gasteiger partial charge in [0.2, 0.25) is 5.91 Å². The van der Waals surface area contributed by atoms with E-state index in [1.165, 1.54) is 0 Å². The Hall–Kier alpha value is -2.12. The van der Waals surface area contributed by atoms with Gasteiger partial charge in [-0.1, -0.05) is 36.4 Å². The number of hydrogen-bond donors (Lipinski definition) is 1. The van der Waals surface area contributed by atoms with E-state index >= 15 is 0 Å². The molecule has 0 radical (unpaired) electrons. The van der Waals surface area contributed by atoms with Gasteiger partial charge in [-0.3, -0.25) is 9.69 Å². The van der Waals surface area contributed by atoms with Crippen molar-refractivity contribution in [3.05, 3.63) is 48.6 Å². The molecule has 2 rings (SSSR count). The van der Waals surface area contributed by atoms with Crippen molar-refractivity contribution in [2.45, 2.75) is 18.3 Å². The molecule has 1 N–H and O–H groups in total. The highest BCUT2D eigenvalue weighted by Gasteiger charge is 2.36. The van der Waals surface area contributed by atoms with Gasteiger partial charge in [0.15, 0.2) is 0 Å². The number of rotatable bonds is 5. The maximum atomic E-state index is 11.7. The van der Waals surface area contributed by atoms with E-state index in [0.717, 1.165) is 31.5 Å². The SMILES string of the molecule is C=CCNC(=O)CN1CCC(C#N)(c2ccccc2)CC1. The van der Waals surface area contributed by atoms with Crippen molar-refractivity contribution in [2.24, 2.45) is 0 Å². The molecule has 1 aliphatic heterocycles. The van der Waals surface area contributed by atoms with Gasteiger partial charge in [0.05, 0.1) is 18.0 Å². The van der Waals surface area contributed by atoms with Crippen molar-refractivity contribution in [1.29, 1.82) is 5.26 Å². The third-order valence-electron chi connectivity index (χ3n) is 4.06. The molecule has 0 aliphatic carbocycles. The summed E-state index contributed by atoms with van der Waals surface area (Å²) in [6.07, 6.45) is 3.20. The first-order valence-corrected chi connectivity index (χ1v) is 7.27. The molecule has 21 heavy (non-hydrogen) atoms. The summed E-state index contributed by atoms with van der Waals surface area (Å²) >= 11 is 0. The van der Waals surface area contributed by atoms with E-state index in [-0.39, 0.29) is 5.91 Å². The minimum atomic E-state index is -0.407. The molecule has 1 amide bonds. The number of amides is 1. The topological polar surface area (TPSA) is 56.1 Å². The van der Waals surface area contributed by atoms with Gasteiger partial charge >= 0.3 is 0 Å². The summed E-state index contributed by atoms with van der Waals surface area (Å²) in [4.78, 5) is 13.8. The van der Waals surface area contributed by atoms with E-state index in [2.05, 4.69) is 22.9 Å². The number of piperidine rings is 1. The molecule has 1 saturated heterocycles. The zero-order valence-corrected chi connectivity index (χ0v) is 12.2. The van der Waals surface area contributed by atoms with Crippen LogP contribution >= 0.6 is 0 Å². The van der Waals surface area contributed by atoms with Crippen LogP contribution in [-0.4, -0.2) is 37.0 Å². The van der Waals surface area contributed by atoms with Crippen molar-refractivity contribution in [3.8, 4) is 6.07 Å². The van der Waals surface area contributed by atoms with Crippen LogP contribution in [0.15, 0.2) is 43.0 Å². The highest BCUT2D eigenvalue weighted by molar-refractivity contribution is 5.78. The number of hydrogen-bond acceptors (Lipinski definition) is 3. The molecule has 4 heteroatoms. The zero-order chi connectivity index (χ0) is 15.1. The first kappa shape index (κ1) is 15.3. The predicted octanol–water partition coefficient (Wildman–Crippen LogP) is 1.85. The first-order chi connectivity index (χ1) is 10.2. The summed E-state index contributed by atoms with van der Waals surface area (Å²) in [7, 11) is 0. The monoisotopic (exact) mass is 283 g/mol. The molecule has 0 aromatic heterocycles. The molecule has 1 aromatic carbocycles. The lowest BCUT2D eigenvalue weighted by molar-refractivity contribution is -0.122. The van der Waals surface area contributed by atoms with Gasteiger partial charge in [0, 0.05) is 19.6 Å². The van der Waals surface area contributed by atoms with Crippen molar-refractivity contribution in [1.82, 2.24) is 10.2 Å². The average molecular weight is 283 g/mol. The summed E-state index contributed by atoms with van der Waals surface area (Å²) in [5, 5.41) is 12.4. The zero-order valence-electron chi connectivity index (χ0n) is 12.2. The second kappa shape index (κ2) is 7.05. The van der Waals surface area contributed by atoms with E-state index in [4.69, 9.17) is 0 Å². The van der Waals surface area contributed by atoms with Crippen LogP contribution in [0.25, 0.3) is 0 Å². The third kappa shape index (κ3) is 3.71. The van der Waals surface area contributed by atoms with Crippen LogP contribution in [0, 0.1) is 11.3 Å². The maximum absolute atomic E-state index is 11.7. The Balaban J connectivity index is 1.94. The van der Waals surface area contributed by atoms with Crippen LogP contribution in [0.4, 0.5) is 0 Å². The second-order valence-corrected chi connectivity index (χ2v) is 5.43. The molecule has 1 aromatic rings. The molecule has 0 spiro atoms. The molecule has 0 saturated carbocycles. The third-order valence-corrected chi connectivity index (χ3v) is 4.06. The number of likely N-dealkylation sites (tertiary alicyclic amines) is 1. The summed E-state index contributed by atoms with van der Waals surface area (Å²) in [6.45, 7) is 6.01. The van der Waals surface area contributed by atoms with Gasteiger partial charge in [-0.2, -0.15) is 5.26 Å². The van der Waals surface area contributed by atoms with Crippen molar-refractivity contribution < 1.29 is 4.79 Å². The highest BCUT2D eigenvalue weighted by atomic mass is 16.2. The van der Waals surface area contributed by atoms with E-state index in [9.17, 15) is 10.1 Å². The van der Waals surface area contributed by atoms with Gasteiger partial charge in [0.25, 0.3) is 0 Å². The van der Waals surface area contributed by atoms with Gasteiger partial charge in [0.1, 0.15) is 0 Å². The van der Waals surface area contributed by atoms with Gasteiger partial charge < -0.3 is 5.32 Å². The summed E-state index contributed by atoms with van der Waals surface area (Å²) in [5.41, 5.74) is 0.679. The molecule has 0 atom stereocenters. The van der Waals surface area contributed by atoms with Crippen molar-refractivity contribution >= 4 is 5.91 Å². The van der Waals surface area contributed by atoms with Crippen LogP contribution in [-0.2, 0) is 10.2 Å². The molecular formula is C17H21N3O. The lowest BCUT2D eigenvalue weighted by Crippen LogP contribution is -2.45. The number of nitrogens with zero attached hydrogens (tertiary/aromatic N) is 2. The number of carbonyl (C=O) groups is 1. The minimum absolute atomic E-state index is 0.0130. The van der Waals surface area contributed by atoms with Crippen molar-refractivity contribution in [2.75, 3.05) is 26.2 Å². The molecule has 110 valence electrons. The fourth-order valence-electron chi connectivity index (χ4n) is 2.76. The predicted molar refractivity (Wildman–Crippen MR) is 82.6 cm³/mol. The molecule has 0 bridgehead atoms. The fraction of sp³-hybridized carbons (Fsp3) is 0.412. The smallest absolute Gasteiger partial charge is 0.234 e. The lowest BCUT2D eigenvalue weighted by atomic mass is 9.74. The van der Waals surface area contributed by atoms with Crippen molar-refractivity contribution in [3.63, 3.8) is 0 Å². The van der Waals surface area contributed by atoms with Gasteiger partial charge in [-0.05, 0) is 18.4 Å². The minimum Gasteiger partial charge on any atom is -0.352 e. The largest absolute Gasteiger partial charge is 0.352 e. The molecular weight excluding hydrogens is 262 g/mol. The first-order valence-electron chi connectivity index (χ1n) is 7.27. The number of carbonyl (C=O) groups excluding carboxylic acids is 1. The quantitative estimate of drug-likeness (QED) is 0.839. The van der Waals surface area contributed by atoms with E-state index in [1.54, 1.807) is 6.08 Å². The Morgan fingerprint density at radius 3 is 2.62 bits per heavy atom. The van der Waals surface area contributed by atoms with E-state index in [0.29, 0.717) is 13.1 Å². The Kier molecular flexibility index (Phi) is 5.13. The van der Waals surface area contributed by atoms with Crippen LogP contribution < -0.4 is 5.32 Å². The Morgan fingerprint density at radius 1 is 1.38 bits per heavy atom.